The lowest BCUT2D eigenvalue weighted by Gasteiger charge is -2.16. The van der Waals surface area contributed by atoms with E-state index in [0.717, 1.165) is 0 Å². The molecule has 0 saturated heterocycles. The second kappa shape index (κ2) is 5.95. The van der Waals surface area contributed by atoms with E-state index < -0.39 is 18.6 Å². The zero-order valence-corrected chi connectivity index (χ0v) is 10.2. The maximum absolute atomic E-state index is 12.1. The third-order valence-corrected chi connectivity index (χ3v) is 2.44. The Labute approximate surface area is 104 Å². The lowest BCUT2D eigenvalue weighted by atomic mass is 10.1. The quantitative estimate of drug-likeness (QED) is 0.858. The first-order valence-corrected chi connectivity index (χ1v) is 5.48. The van der Waals surface area contributed by atoms with Crippen molar-refractivity contribution in [3.05, 3.63) is 23.8 Å². The molecule has 0 saturated carbocycles. The summed E-state index contributed by atoms with van der Waals surface area (Å²) < 4.78 is 41.2. The average Bonchev–Trinajstić information content (AvgIpc) is 2.24. The van der Waals surface area contributed by atoms with Gasteiger partial charge in [0.2, 0.25) is 0 Å². The van der Waals surface area contributed by atoms with Crippen LogP contribution >= 0.6 is 0 Å². The summed E-state index contributed by atoms with van der Waals surface area (Å²) in [6.45, 7) is 1.73. The Morgan fingerprint density at radius 1 is 1.39 bits per heavy atom. The second-order valence-electron chi connectivity index (χ2n) is 4.11. The lowest BCUT2D eigenvalue weighted by molar-refractivity contribution is -0.139. The van der Waals surface area contributed by atoms with Crippen molar-refractivity contribution >= 4 is 0 Å². The van der Waals surface area contributed by atoms with Crippen molar-refractivity contribution in [2.24, 2.45) is 0 Å². The number of phenols is 1. The van der Waals surface area contributed by atoms with Gasteiger partial charge in [0, 0.05) is 12.6 Å². The van der Waals surface area contributed by atoms with Gasteiger partial charge in [0.25, 0.3) is 0 Å². The van der Waals surface area contributed by atoms with E-state index in [-0.39, 0.29) is 12.3 Å². The fourth-order valence-electron chi connectivity index (χ4n) is 1.56. The number of methoxy groups -OCH3 is 1. The van der Waals surface area contributed by atoms with Crippen LogP contribution in [0.1, 0.15) is 18.9 Å². The smallest absolute Gasteiger partial charge is 0.390 e. The number of hydrogen-bond acceptors (Lipinski definition) is 3. The molecule has 0 radical (unpaired) electrons. The van der Waals surface area contributed by atoms with Crippen LogP contribution in [0, 0.1) is 0 Å². The van der Waals surface area contributed by atoms with E-state index in [9.17, 15) is 18.3 Å². The van der Waals surface area contributed by atoms with Gasteiger partial charge in [0.05, 0.1) is 13.5 Å². The predicted molar refractivity (Wildman–Crippen MR) is 61.6 cm³/mol. The highest BCUT2D eigenvalue weighted by Gasteiger charge is 2.29. The van der Waals surface area contributed by atoms with Gasteiger partial charge < -0.3 is 15.2 Å². The van der Waals surface area contributed by atoms with Crippen LogP contribution in [0.5, 0.6) is 11.5 Å². The highest BCUT2D eigenvalue weighted by atomic mass is 19.4. The number of nitrogens with one attached hydrogen (secondary N) is 1. The Bertz CT molecular complexity index is 393. The van der Waals surface area contributed by atoms with Crippen LogP contribution in [-0.2, 0) is 6.54 Å². The minimum atomic E-state index is -4.17. The van der Waals surface area contributed by atoms with E-state index in [4.69, 9.17) is 4.74 Å². The number of rotatable bonds is 5. The van der Waals surface area contributed by atoms with Gasteiger partial charge in [-0.05, 0) is 24.6 Å². The van der Waals surface area contributed by atoms with E-state index in [0.29, 0.717) is 11.3 Å². The van der Waals surface area contributed by atoms with Crippen molar-refractivity contribution in [3.8, 4) is 11.5 Å². The van der Waals surface area contributed by atoms with Gasteiger partial charge in [-0.15, -0.1) is 0 Å². The fraction of sp³-hybridized carbons (Fsp3) is 0.500. The summed E-state index contributed by atoms with van der Waals surface area (Å²) in [4.78, 5) is 0. The van der Waals surface area contributed by atoms with E-state index in [2.05, 4.69) is 5.32 Å². The van der Waals surface area contributed by atoms with Gasteiger partial charge in [-0.1, -0.05) is 6.07 Å². The number of alkyl halides is 3. The van der Waals surface area contributed by atoms with Gasteiger partial charge >= 0.3 is 6.18 Å². The molecule has 3 nitrogen and oxygen atoms in total. The maximum Gasteiger partial charge on any atom is 0.390 e. The van der Waals surface area contributed by atoms with Crippen LogP contribution in [-0.4, -0.2) is 24.4 Å². The van der Waals surface area contributed by atoms with Gasteiger partial charge in [-0.3, -0.25) is 0 Å². The number of halogens is 3. The van der Waals surface area contributed by atoms with Crippen molar-refractivity contribution in [2.45, 2.75) is 32.1 Å². The molecule has 1 atom stereocenters. The SMILES string of the molecule is COc1ccc(CNC(C)CC(F)(F)F)cc1O. The minimum absolute atomic E-state index is 0.0275. The number of benzene rings is 1. The minimum Gasteiger partial charge on any atom is -0.504 e. The monoisotopic (exact) mass is 263 g/mol. The van der Waals surface area contributed by atoms with Crippen LogP contribution in [0.3, 0.4) is 0 Å². The molecule has 102 valence electrons. The molecule has 0 aliphatic heterocycles. The highest BCUT2D eigenvalue weighted by molar-refractivity contribution is 5.41. The van der Waals surface area contributed by atoms with E-state index in [1.807, 2.05) is 0 Å². The lowest BCUT2D eigenvalue weighted by Crippen LogP contribution is -2.30. The summed E-state index contributed by atoms with van der Waals surface area (Å²) in [6, 6.07) is 4.05. The molecular weight excluding hydrogens is 247 g/mol. The number of aromatic hydroxyl groups is 1. The first-order valence-electron chi connectivity index (χ1n) is 5.48. The highest BCUT2D eigenvalue weighted by Crippen LogP contribution is 2.26. The Morgan fingerprint density at radius 2 is 2.06 bits per heavy atom. The molecule has 0 heterocycles. The largest absolute Gasteiger partial charge is 0.504 e. The van der Waals surface area contributed by atoms with Crippen molar-refractivity contribution < 1.29 is 23.0 Å². The van der Waals surface area contributed by atoms with Crippen LogP contribution < -0.4 is 10.1 Å². The molecule has 6 heteroatoms. The summed E-state index contributed by atoms with van der Waals surface area (Å²) in [7, 11) is 1.43. The van der Waals surface area contributed by atoms with Gasteiger partial charge in [0.1, 0.15) is 0 Å². The van der Waals surface area contributed by atoms with Crippen LogP contribution in [0.15, 0.2) is 18.2 Å². The third kappa shape index (κ3) is 4.83. The zero-order valence-electron chi connectivity index (χ0n) is 10.2. The summed E-state index contributed by atoms with van der Waals surface area (Å²) >= 11 is 0. The zero-order chi connectivity index (χ0) is 13.8. The summed E-state index contributed by atoms with van der Waals surface area (Å²) in [5.41, 5.74) is 0.697. The summed E-state index contributed by atoms with van der Waals surface area (Å²) in [5, 5.41) is 12.3. The van der Waals surface area contributed by atoms with Crippen LogP contribution in [0.2, 0.25) is 0 Å². The molecule has 1 unspecified atom stereocenters. The Balaban J connectivity index is 2.51. The molecule has 18 heavy (non-hydrogen) atoms. The molecular formula is C12H16F3NO2. The normalized spacial score (nSPS) is 13.4. The van der Waals surface area contributed by atoms with Gasteiger partial charge in [-0.25, -0.2) is 0 Å². The Kier molecular flexibility index (Phi) is 4.84. The molecule has 0 bridgehead atoms. The third-order valence-electron chi connectivity index (χ3n) is 2.44. The number of hydrogen-bond donors (Lipinski definition) is 2. The molecule has 0 spiro atoms. The average molecular weight is 263 g/mol. The maximum atomic E-state index is 12.1. The Morgan fingerprint density at radius 3 is 2.56 bits per heavy atom. The van der Waals surface area contributed by atoms with Crippen molar-refractivity contribution in [1.29, 1.82) is 0 Å². The molecule has 0 aliphatic carbocycles. The molecule has 0 aromatic heterocycles. The van der Waals surface area contributed by atoms with Crippen LogP contribution in [0.25, 0.3) is 0 Å². The van der Waals surface area contributed by atoms with E-state index in [1.165, 1.54) is 20.1 Å². The van der Waals surface area contributed by atoms with Crippen molar-refractivity contribution in [1.82, 2.24) is 5.32 Å². The molecule has 0 fully saturated rings. The fourth-order valence-corrected chi connectivity index (χ4v) is 1.56. The molecule has 2 N–H and O–H groups in total. The van der Waals surface area contributed by atoms with E-state index in [1.54, 1.807) is 12.1 Å². The van der Waals surface area contributed by atoms with E-state index >= 15 is 0 Å². The second-order valence-corrected chi connectivity index (χ2v) is 4.11. The Hall–Kier alpha value is -1.43. The van der Waals surface area contributed by atoms with Gasteiger partial charge in [0.15, 0.2) is 11.5 Å². The first-order chi connectivity index (χ1) is 8.31. The standard InChI is InChI=1S/C12H16F3NO2/c1-8(6-12(13,14)15)16-7-9-3-4-11(18-2)10(17)5-9/h3-5,8,16-17H,6-7H2,1-2H3. The first kappa shape index (κ1) is 14.6. The summed E-state index contributed by atoms with van der Waals surface area (Å²) in [5.74, 6) is 0.308. The topological polar surface area (TPSA) is 41.5 Å². The van der Waals surface area contributed by atoms with Crippen LogP contribution in [0.4, 0.5) is 13.2 Å². The van der Waals surface area contributed by atoms with Crippen molar-refractivity contribution in [2.75, 3.05) is 7.11 Å². The summed E-state index contributed by atoms with van der Waals surface area (Å²) in [6.07, 6.45) is -5.05. The molecule has 0 amide bonds. The van der Waals surface area contributed by atoms with Crippen molar-refractivity contribution in [3.63, 3.8) is 0 Å². The number of ether oxygens (including phenoxy) is 1. The predicted octanol–water partition coefficient (Wildman–Crippen LogP) is 2.83. The molecule has 0 aliphatic rings. The molecule has 1 aromatic carbocycles. The van der Waals surface area contributed by atoms with Gasteiger partial charge in [-0.2, -0.15) is 13.2 Å². The molecule has 1 aromatic rings. The molecule has 1 rings (SSSR count). The number of phenolic OH excluding ortho intramolecular Hbond substituents is 1.